The normalized spacial score (nSPS) is 10.7. The van der Waals surface area contributed by atoms with Crippen molar-refractivity contribution in [3.05, 3.63) is 63.7 Å². The number of carbonyl (C=O) groups excluding carboxylic acids is 2. The van der Waals surface area contributed by atoms with Gasteiger partial charge in [0.1, 0.15) is 5.82 Å². The number of hydrogen-bond acceptors (Lipinski definition) is 4. The van der Waals surface area contributed by atoms with Crippen LogP contribution in [-0.2, 0) is 6.42 Å². The van der Waals surface area contributed by atoms with Gasteiger partial charge in [-0.25, -0.2) is 4.39 Å². The molecule has 1 aromatic carbocycles. The van der Waals surface area contributed by atoms with Gasteiger partial charge in [-0.15, -0.1) is 11.3 Å². The van der Waals surface area contributed by atoms with Crippen LogP contribution >= 0.6 is 11.3 Å². The van der Waals surface area contributed by atoms with E-state index in [-0.39, 0.29) is 11.7 Å². The van der Waals surface area contributed by atoms with E-state index in [0.717, 1.165) is 12.1 Å². The van der Waals surface area contributed by atoms with Gasteiger partial charge in [-0.05, 0) is 37.1 Å². The molecule has 0 fully saturated rings. The second-order valence-corrected chi connectivity index (χ2v) is 7.09. The SMILES string of the molecule is CN(CCCc1cc(-c2cccc(F)c2)n[nH]1)C(=O)c1cc(C(N)=O)cs1. The van der Waals surface area contributed by atoms with Crippen molar-refractivity contribution in [2.24, 2.45) is 5.73 Å². The third kappa shape index (κ3) is 4.59. The van der Waals surface area contributed by atoms with Crippen molar-refractivity contribution in [1.82, 2.24) is 15.1 Å². The van der Waals surface area contributed by atoms with E-state index in [2.05, 4.69) is 10.2 Å². The fourth-order valence-corrected chi connectivity index (χ4v) is 3.55. The number of halogens is 1. The summed E-state index contributed by atoms with van der Waals surface area (Å²) in [5.41, 5.74) is 7.88. The van der Waals surface area contributed by atoms with Gasteiger partial charge in [0.05, 0.1) is 16.1 Å². The van der Waals surface area contributed by atoms with E-state index in [1.807, 2.05) is 6.07 Å². The molecule has 0 unspecified atom stereocenters. The lowest BCUT2D eigenvalue weighted by Crippen LogP contribution is -2.27. The summed E-state index contributed by atoms with van der Waals surface area (Å²) in [6.45, 7) is 0.553. The third-order valence-electron chi connectivity index (χ3n) is 4.13. The number of aromatic amines is 1. The van der Waals surface area contributed by atoms with Gasteiger partial charge >= 0.3 is 0 Å². The van der Waals surface area contributed by atoms with Crippen LogP contribution in [0.4, 0.5) is 4.39 Å². The number of aryl methyl sites for hydroxylation is 1. The number of aromatic nitrogens is 2. The zero-order chi connectivity index (χ0) is 19.4. The molecule has 0 aliphatic carbocycles. The van der Waals surface area contributed by atoms with Crippen LogP contribution < -0.4 is 5.73 Å². The first kappa shape index (κ1) is 18.8. The first-order valence-electron chi connectivity index (χ1n) is 8.38. The van der Waals surface area contributed by atoms with Crippen LogP contribution in [0, 0.1) is 5.82 Å². The third-order valence-corrected chi connectivity index (χ3v) is 5.05. The predicted molar refractivity (Wildman–Crippen MR) is 102 cm³/mol. The Morgan fingerprint density at radius 1 is 1.30 bits per heavy atom. The topological polar surface area (TPSA) is 92.1 Å². The van der Waals surface area contributed by atoms with E-state index in [9.17, 15) is 14.0 Å². The van der Waals surface area contributed by atoms with Gasteiger partial charge in [0, 0.05) is 30.2 Å². The second-order valence-electron chi connectivity index (χ2n) is 6.18. The van der Waals surface area contributed by atoms with Crippen LogP contribution in [0.1, 0.15) is 32.1 Å². The minimum absolute atomic E-state index is 0.141. The zero-order valence-electron chi connectivity index (χ0n) is 14.7. The number of rotatable bonds is 7. The maximum Gasteiger partial charge on any atom is 0.263 e. The molecule has 2 amide bonds. The molecule has 6 nitrogen and oxygen atoms in total. The van der Waals surface area contributed by atoms with Crippen molar-refractivity contribution in [3.63, 3.8) is 0 Å². The molecule has 2 heterocycles. The summed E-state index contributed by atoms with van der Waals surface area (Å²) >= 11 is 1.21. The highest BCUT2D eigenvalue weighted by molar-refractivity contribution is 7.12. The van der Waals surface area contributed by atoms with Crippen LogP contribution in [0.15, 0.2) is 41.8 Å². The van der Waals surface area contributed by atoms with Crippen LogP contribution in [0.3, 0.4) is 0 Å². The molecule has 0 aliphatic rings. The Balaban J connectivity index is 1.53. The number of hydrogen-bond donors (Lipinski definition) is 2. The van der Waals surface area contributed by atoms with Gasteiger partial charge in [-0.1, -0.05) is 12.1 Å². The Morgan fingerprint density at radius 3 is 2.81 bits per heavy atom. The molecule has 0 bridgehead atoms. The number of thiophene rings is 1. The monoisotopic (exact) mass is 386 g/mol. The molecule has 140 valence electrons. The van der Waals surface area contributed by atoms with Gasteiger partial charge in [0.15, 0.2) is 0 Å². The predicted octanol–water partition coefficient (Wildman–Crippen LogP) is 3.08. The van der Waals surface area contributed by atoms with Crippen LogP contribution in [0.5, 0.6) is 0 Å². The van der Waals surface area contributed by atoms with E-state index in [0.29, 0.717) is 34.7 Å². The van der Waals surface area contributed by atoms with Crippen LogP contribution in [0.25, 0.3) is 11.3 Å². The molecule has 3 rings (SSSR count). The largest absolute Gasteiger partial charge is 0.366 e. The van der Waals surface area contributed by atoms with E-state index in [1.54, 1.807) is 29.5 Å². The average Bonchev–Trinajstić information content (AvgIpc) is 3.31. The Bertz CT molecular complexity index is 966. The number of primary amides is 1. The minimum atomic E-state index is -0.540. The molecular formula is C19H19FN4O2S. The summed E-state index contributed by atoms with van der Waals surface area (Å²) < 4.78 is 13.3. The highest BCUT2D eigenvalue weighted by Crippen LogP contribution is 2.19. The number of nitrogens with two attached hydrogens (primary N) is 1. The van der Waals surface area contributed by atoms with Crippen molar-refractivity contribution in [2.75, 3.05) is 13.6 Å². The molecule has 2 aromatic heterocycles. The molecule has 3 N–H and O–H groups in total. The summed E-state index contributed by atoms with van der Waals surface area (Å²) in [6, 6.07) is 9.68. The van der Waals surface area contributed by atoms with Gasteiger partial charge in [-0.3, -0.25) is 14.7 Å². The van der Waals surface area contributed by atoms with E-state index in [1.165, 1.54) is 29.5 Å². The first-order chi connectivity index (χ1) is 12.9. The molecule has 0 spiro atoms. The molecule has 27 heavy (non-hydrogen) atoms. The van der Waals surface area contributed by atoms with E-state index in [4.69, 9.17) is 5.73 Å². The molecule has 0 atom stereocenters. The quantitative estimate of drug-likeness (QED) is 0.654. The fraction of sp³-hybridized carbons (Fsp3) is 0.211. The molecule has 0 radical (unpaired) electrons. The number of benzene rings is 1. The zero-order valence-corrected chi connectivity index (χ0v) is 15.6. The summed E-state index contributed by atoms with van der Waals surface area (Å²) in [5.74, 6) is -0.982. The molecule has 8 heteroatoms. The fourth-order valence-electron chi connectivity index (χ4n) is 2.66. The summed E-state index contributed by atoms with van der Waals surface area (Å²) in [7, 11) is 1.72. The maximum absolute atomic E-state index is 13.3. The number of carbonyl (C=O) groups is 2. The van der Waals surface area contributed by atoms with E-state index < -0.39 is 5.91 Å². The molecule has 0 saturated heterocycles. The first-order valence-corrected chi connectivity index (χ1v) is 9.26. The summed E-state index contributed by atoms with van der Waals surface area (Å²) in [6.07, 6.45) is 1.44. The van der Waals surface area contributed by atoms with Crippen molar-refractivity contribution >= 4 is 23.2 Å². The molecule has 0 saturated carbocycles. The number of nitrogens with one attached hydrogen (secondary N) is 1. The minimum Gasteiger partial charge on any atom is -0.366 e. The number of nitrogens with zero attached hydrogens (tertiary/aromatic N) is 2. The van der Waals surface area contributed by atoms with Crippen molar-refractivity contribution in [2.45, 2.75) is 12.8 Å². The van der Waals surface area contributed by atoms with Gasteiger partial charge in [0.2, 0.25) is 5.91 Å². The van der Waals surface area contributed by atoms with Gasteiger partial charge in [0.25, 0.3) is 5.91 Å². The molecule has 3 aromatic rings. The van der Waals surface area contributed by atoms with Crippen LogP contribution in [-0.4, -0.2) is 40.5 Å². The summed E-state index contributed by atoms with van der Waals surface area (Å²) in [4.78, 5) is 25.6. The lowest BCUT2D eigenvalue weighted by Gasteiger charge is -2.15. The van der Waals surface area contributed by atoms with Gasteiger partial charge < -0.3 is 10.6 Å². The smallest absolute Gasteiger partial charge is 0.263 e. The Morgan fingerprint density at radius 2 is 2.11 bits per heavy atom. The Hall–Kier alpha value is -3.00. The van der Waals surface area contributed by atoms with Crippen LogP contribution in [0.2, 0.25) is 0 Å². The Labute approximate surface area is 159 Å². The summed E-state index contributed by atoms with van der Waals surface area (Å²) in [5, 5.41) is 8.75. The lowest BCUT2D eigenvalue weighted by atomic mass is 10.1. The number of amides is 2. The highest BCUT2D eigenvalue weighted by Gasteiger charge is 2.15. The number of H-pyrrole nitrogens is 1. The second kappa shape index (κ2) is 8.13. The van der Waals surface area contributed by atoms with Crippen molar-refractivity contribution in [1.29, 1.82) is 0 Å². The van der Waals surface area contributed by atoms with Gasteiger partial charge in [-0.2, -0.15) is 5.10 Å². The van der Waals surface area contributed by atoms with Crippen molar-refractivity contribution < 1.29 is 14.0 Å². The highest BCUT2D eigenvalue weighted by atomic mass is 32.1. The average molecular weight is 386 g/mol. The Kier molecular flexibility index (Phi) is 5.66. The maximum atomic E-state index is 13.3. The molecular weight excluding hydrogens is 367 g/mol. The lowest BCUT2D eigenvalue weighted by molar-refractivity contribution is 0.0798. The molecule has 0 aliphatic heterocycles. The van der Waals surface area contributed by atoms with E-state index >= 15 is 0 Å². The standard InChI is InChI=1S/C19H19FN4O2S/c1-24(19(26)17-9-13(11-27-17)18(21)25)7-3-6-15-10-16(23-22-15)12-4-2-5-14(20)8-12/h2,4-5,8-11H,3,6-7H2,1H3,(H2,21,25)(H,22,23). The van der Waals surface area contributed by atoms with Crippen molar-refractivity contribution in [3.8, 4) is 11.3 Å².